The third-order valence-corrected chi connectivity index (χ3v) is 13.1. The first kappa shape index (κ1) is 22.9. The van der Waals surface area contributed by atoms with Crippen LogP contribution in [0, 0.1) is 0 Å². The van der Waals surface area contributed by atoms with Crippen molar-refractivity contribution in [3.63, 3.8) is 0 Å². The lowest BCUT2D eigenvalue weighted by atomic mass is 10.4. The first-order chi connectivity index (χ1) is 15.1. The number of hydrogen-bond donors (Lipinski definition) is 0. The van der Waals surface area contributed by atoms with E-state index in [2.05, 4.69) is 153 Å². The number of hydrogen-bond acceptors (Lipinski definition) is 0. The van der Waals surface area contributed by atoms with Gasteiger partial charge in [0.2, 0.25) is 0 Å². The monoisotopic (exact) mass is 568 g/mol. The summed E-state index contributed by atoms with van der Waals surface area (Å²) >= 11 is 8.30. The van der Waals surface area contributed by atoms with Crippen LogP contribution in [0.15, 0.2) is 121 Å². The van der Waals surface area contributed by atoms with Crippen LogP contribution in [0.5, 0.6) is 0 Å². The third-order valence-electron chi connectivity index (χ3n) is 5.13. The van der Waals surface area contributed by atoms with Crippen molar-refractivity contribution in [1.29, 1.82) is 0 Å². The van der Waals surface area contributed by atoms with E-state index in [1.54, 1.807) is 0 Å². The van der Waals surface area contributed by atoms with E-state index in [0.717, 1.165) is 12.6 Å². The van der Waals surface area contributed by atoms with Crippen molar-refractivity contribution in [3.8, 4) is 0 Å². The fraction of sp³-hybridized carbons (Fsp3) is 0.111. The number of rotatable bonds is 8. The molecule has 4 aromatic rings. The number of alkyl halides is 2. The standard InChI is InChI=1S/C27H24Br2P2/c28-27(29,31(25-17-9-3-10-18-25)26-19-11-4-12-20-26)21-22-30(23-13-5-1-6-14-23)24-15-7-2-8-16-24/h1-20H,21-22H2. The highest BCUT2D eigenvalue weighted by atomic mass is 79.9. The average molecular weight is 570 g/mol. The van der Waals surface area contributed by atoms with Gasteiger partial charge in [0.15, 0.2) is 0 Å². The van der Waals surface area contributed by atoms with E-state index < -0.39 is 15.8 Å². The minimum Gasteiger partial charge on any atom is -0.0669 e. The van der Waals surface area contributed by atoms with Gasteiger partial charge in [-0.05, 0) is 49.6 Å². The Morgan fingerprint density at radius 3 is 1.16 bits per heavy atom. The maximum atomic E-state index is 4.15. The summed E-state index contributed by atoms with van der Waals surface area (Å²) in [7, 11) is -1.05. The van der Waals surface area contributed by atoms with Crippen LogP contribution in [0.3, 0.4) is 0 Å². The van der Waals surface area contributed by atoms with Crippen LogP contribution in [0.2, 0.25) is 0 Å². The van der Waals surface area contributed by atoms with E-state index in [-0.39, 0.29) is 2.97 Å². The average Bonchev–Trinajstić information content (AvgIpc) is 2.82. The zero-order valence-corrected chi connectivity index (χ0v) is 22.1. The SMILES string of the molecule is BrC(Br)(CCP(c1ccccc1)c1ccccc1)P(c1ccccc1)c1ccccc1. The molecule has 0 atom stereocenters. The minimum atomic E-state index is -0.619. The van der Waals surface area contributed by atoms with Crippen molar-refractivity contribution < 1.29 is 0 Å². The highest BCUT2D eigenvalue weighted by molar-refractivity contribution is 9.27. The summed E-state index contributed by atoms with van der Waals surface area (Å²) in [5.41, 5.74) is 0. The lowest BCUT2D eigenvalue weighted by molar-refractivity contribution is 1.04. The number of benzene rings is 4. The van der Waals surface area contributed by atoms with E-state index >= 15 is 0 Å². The van der Waals surface area contributed by atoms with Crippen molar-refractivity contribution in [2.75, 3.05) is 6.16 Å². The van der Waals surface area contributed by atoms with Gasteiger partial charge in [0.25, 0.3) is 0 Å². The molecule has 0 spiro atoms. The topological polar surface area (TPSA) is 0 Å². The second-order valence-electron chi connectivity index (χ2n) is 7.25. The van der Waals surface area contributed by atoms with Gasteiger partial charge in [0.05, 0.1) is 0 Å². The Balaban J connectivity index is 1.65. The molecule has 0 amide bonds. The molecule has 0 radical (unpaired) electrons. The van der Waals surface area contributed by atoms with Gasteiger partial charge in [-0.15, -0.1) is 0 Å². The summed E-state index contributed by atoms with van der Waals surface area (Å²) < 4.78 is -0.178. The van der Waals surface area contributed by atoms with E-state index in [0.29, 0.717) is 0 Å². The molecule has 156 valence electrons. The molecule has 4 aromatic carbocycles. The van der Waals surface area contributed by atoms with Gasteiger partial charge < -0.3 is 0 Å². The Kier molecular flexibility index (Phi) is 8.13. The zero-order valence-electron chi connectivity index (χ0n) is 17.1. The van der Waals surface area contributed by atoms with Gasteiger partial charge in [-0.1, -0.05) is 153 Å². The molecule has 0 aliphatic heterocycles. The molecule has 0 aliphatic rings. The van der Waals surface area contributed by atoms with Crippen LogP contribution in [0.25, 0.3) is 0 Å². The molecular weight excluding hydrogens is 546 g/mol. The van der Waals surface area contributed by atoms with Crippen molar-refractivity contribution in [2.24, 2.45) is 0 Å². The molecule has 0 N–H and O–H groups in total. The number of halogens is 2. The third kappa shape index (κ3) is 5.94. The van der Waals surface area contributed by atoms with E-state index in [1.807, 2.05) is 0 Å². The Hall–Kier alpha value is -1.30. The predicted octanol–water partition coefficient (Wildman–Crippen LogP) is 7.09. The molecule has 0 aromatic heterocycles. The van der Waals surface area contributed by atoms with Crippen molar-refractivity contribution in [1.82, 2.24) is 0 Å². The fourth-order valence-corrected chi connectivity index (χ4v) is 12.1. The summed E-state index contributed by atoms with van der Waals surface area (Å²) in [4.78, 5) is 0. The van der Waals surface area contributed by atoms with Gasteiger partial charge >= 0.3 is 0 Å². The molecule has 0 nitrogen and oxygen atoms in total. The molecule has 4 rings (SSSR count). The normalized spacial score (nSPS) is 11.7. The van der Waals surface area contributed by atoms with Crippen LogP contribution < -0.4 is 21.2 Å². The van der Waals surface area contributed by atoms with E-state index in [1.165, 1.54) is 21.2 Å². The van der Waals surface area contributed by atoms with Gasteiger partial charge in [0, 0.05) is 0 Å². The maximum Gasteiger partial charge on any atom is 0.108 e. The molecular formula is C27H24Br2P2. The zero-order chi connectivity index (χ0) is 21.5. The van der Waals surface area contributed by atoms with Gasteiger partial charge in [-0.2, -0.15) is 0 Å². The molecule has 0 heterocycles. The smallest absolute Gasteiger partial charge is 0.0669 e. The molecule has 0 aliphatic carbocycles. The molecule has 0 unspecified atom stereocenters. The quantitative estimate of drug-likeness (QED) is 0.157. The van der Waals surface area contributed by atoms with Crippen molar-refractivity contribution in [2.45, 2.75) is 9.40 Å². The van der Waals surface area contributed by atoms with E-state index in [4.69, 9.17) is 0 Å². The van der Waals surface area contributed by atoms with Gasteiger partial charge in [-0.25, -0.2) is 0 Å². The summed E-state index contributed by atoms with van der Waals surface area (Å²) in [6.07, 6.45) is 2.14. The van der Waals surface area contributed by atoms with E-state index in [9.17, 15) is 0 Å². The fourth-order valence-electron chi connectivity index (χ4n) is 3.66. The van der Waals surface area contributed by atoms with Gasteiger partial charge in [-0.3, -0.25) is 0 Å². The first-order valence-corrected chi connectivity index (χ1v) is 14.8. The van der Waals surface area contributed by atoms with Gasteiger partial charge in [0.1, 0.15) is 2.97 Å². The highest BCUT2D eigenvalue weighted by Gasteiger charge is 2.36. The molecule has 0 fully saturated rings. The lowest BCUT2D eigenvalue weighted by Gasteiger charge is -2.33. The van der Waals surface area contributed by atoms with Crippen LogP contribution >= 0.6 is 47.7 Å². The van der Waals surface area contributed by atoms with Crippen LogP contribution in [-0.2, 0) is 0 Å². The predicted molar refractivity (Wildman–Crippen MR) is 148 cm³/mol. The Morgan fingerprint density at radius 2 is 0.806 bits per heavy atom. The largest absolute Gasteiger partial charge is 0.108 e. The summed E-state index contributed by atoms with van der Waals surface area (Å²) in [5, 5.41) is 5.62. The van der Waals surface area contributed by atoms with Crippen LogP contribution in [0.4, 0.5) is 0 Å². The minimum absolute atomic E-state index is 0.178. The summed E-state index contributed by atoms with van der Waals surface area (Å²) in [6, 6.07) is 43.7. The second kappa shape index (κ2) is 11.0. The molecule has 0 saturated heterocycles. The lowest BCUT2D eigenvalue weighted by Crippen LogP contribution is -2.26. The summed E-state index contributed by atoms with van der Waals surface area (Å²) in [5.74, 6) is 0. The molecule has 4 heteroatoms. The van der Waals surface area contributed by atoms with Crippen LogP contribution in [0.1, 0.15) is 6.42 Å². The molecule has 0 bridgehead atoms. The Morgan fingerprint density at radius 1 is 0.484 bits per heavy atom. The Bertz CT molecular complexity index is 976. The van der Waals surface area contributed by atoms with Crippen molar-refractivity contribution >= 4 is 68.9 Å². The molecule has 31 heavy (non-hydrogen) atoms. The summed E-state index contributed by atoms with van der Waals surface area (Å²) in [6.45, 7) is 0. The van der Waals surface area contributed by atoms with Crippen molar-refractivity contribution in [3.05, 3.63) is 121 Å². The van der Waals surface area contributed by atoms with Crippen LogP contribution in [-0.4, -0.2) is 9.14 Å². The molecule has 0 saturated carbocycles. The highest BCUT2D eigenvalue weighted by Crippen LogP contribution is 2.59. The maximum absolute atomic E-state index is 4.15. The first-order valence-electron chi connectivity index (χ1n) is 10.3. The Labute approximate surface area is 204 Å². The second-order valence-corrected chi connectivity index (χ2v) is 17.0.